The minimum absolute atomic E-state index is 0.0339. The van der Waals surface area contributed by atoms with Gasteiger partial charge in [0.1, 0.15) is 5.75 Å². The Morgan fingerprint density at radius 2 is 2.23 bits per heavy atom. The van der Waals surface area contributed by atoms with Gasteiger partial charge in [-0.05, 0) is 18.6 Å². The van der Waals surface area contributed by atoms with Gasteiger partial charge >= 0.3 is 0 Å². The van der Waals surface area contributed by atoms with Crippen LogP contribution in [0.5, 0.6) is 5.75 Å². The van der Waals surface area contributed by atoms with Gasteiger partial charge in [0.05, 0.1) is 13.7 Å². The summed E-state index contributed by atoms with van der Waals surface area (Å²) < 4.78 is 5.09. The third-order valence-corrected chi connectivity index (χ3v) is 1.92. The first kappa shape index (κ1) is 9.74. The van der Waals surface area contributed by atoms with E-state index in [9.17, 15) is 4.79 Å². The van der Waals surface area contributed by atoms with Crippen molar-refractivity contribution in [2.24, 2.45) is 5.73 Å². The van der Waals surface area contributed by atoms with Crippen LogP contribution in [0.2, 0.25) is 0 Å². The van der Waals surface area contributed by atoms with Crippen LogP contribution in [0.4, 0.5) is 0 Å². The van der Waals surface area contributed by atoms with Crippen LogP contribution in [0.15, 0.2) is 18.2 Å². The Morgan fingerprint density at radius 3 is 2.77 bits per heavy atom. The maximum atomic E-state index is 11.2. The fraction of sp³-hybridized carbons (Fsp3) is 0.300. The Balaban J connectivity index is 3.06. The monoisotopic (exact) mass is 179 g/mol. The highest BCUT2D eigenvalue weighted by atomic mass is 16.5. The number of hydrogen-bond donors (Lipinski definition) is 1. The van der Waals surface area contributed by atoms with Crippen molar-refractivity contribution < 1.29 is 9.53 Å². The molecule has 1 aromatic rings. The van der Waals surface area contributed by atoms with E-state index in [1.165, 1.54) is 0 Å². The summed E-state index contributed by atoms with van der Waals surface area (Å²) in [6.45, 7) is 1.96. The molecule has 0 unspecified atom stereocenters. The Kier molecular flexibility index (Phi) is 3.03. The molecule has 0 radical (unpaired) electrons. The van der Waals surface area contributed by atoms with Gasteiger partial charge in [0.25, 0.3) is 0 Å². The minimum atomic E-state index is -0.0710. The standard InChI is InChI=1S/C10H13NO2/c1-7-3-4-8(9(12)6-11)5-10(7)13-2/h3-5H,6,11H2,1-2H3. The topological polar surface area (TPSA) is 52.3 Å². The minimum Gasteiger partial charge on any atom is -0.496 e. The number of ketones is 1. The molecule has 1 rings (SSSR count). The van der Waals surface area contributed by atoms with E-state index in [1.54, 1.807) is 19.2 Å². The molecule has 0 aliphatic carbocycles. The van der Waals surface area contributed by atoms with Crippen LogP contribution >= 0.6 is 0 Å². The molecule has 0 saturated carbocycles. The first-order chi connectivity index (χ1) is 6.19. The third kappa shape index (κ3) is 2.06. The zero-order valence-electron chi connectivity index (χ0n) is 7.83. The lowest BCUT2D eigenvalue weighted by Crippen LogP contribution is -2.13. The number of ether oxygens (including phenoxy) is 1. The molecule has 0 saturated heterocycles. The summed E-state index contributed by atoms with van der Waals surface area (Å²) in [7, 11) is 1.58. The van der Waals surface area contributed by atoms with Crippen LogP contribution in [0.1, 0.15) is 15.9 Å². The van der Waals surface area contributed by atoms with E-state index in [0.717, 1.165) is 11.3 Å². The first-order valence-corrected chi connectivity index (χ1v) is 4.07. The number of carbonyl (C=O) groups excluding carboxylic acids is 1. The molecule has 0 bridgehead atoms. The molecular formula is C10H13NO2. The predicted molar refractivity (Wildman–Crippen MR) is 51.1 cm³/mol. The number of nitrogens with two attached hydrogens (primary N) is 1. The smallest absolute Gasteiger partial charge is 0.176 e. The molecule has 3 heteroatoms. The van der Waals surface area contributed by atoms with Gasteiger partial charge in [-0.25, -0.2) is 0 Å². The van der Waals surface area contributed by atoms with E-state index in [4.69, 9.17) is 10.5 Å². The largest absolute Gasteiger partial charge is 0.496 e. The van der Waals surface area contributed by atoms with Gasteiger partial charge in [-0.1, -0.05) is 12.1 Å². The highest BCUT2D eigenvalue weighted by molar-refractivity contribution is 5.97. The quantitative estimate of drug-likeness (QED) is 0.708. The summed E-state index contributed by atoms with van der Waals surface area (Å²) in [5, 5.41) is 0. The number of hydrogen-bond acceptors (Lipinski definition) is 3. The van der Waals surface area contributed by atoms with Crippen molar-refractivity contribution in [3.63, 3.8) is 0 Å². The average Bonchev–Trinajstić information content (AvgIpc) is 2.17. The fourth-order valence-corrected chi connectivity index (χ4v) is 1.11. The van der Waals surface area contributed by atoms with Crippen LogP contribution in [0, 0.1) is 6.92 Å². The maximum Gasteiger partial charge on any atom is 0.176 e. The normalized spacial score (nSPS) is 9.77. The second kappa shape index (κ2) is 4.05. The van der Waals surface area contributed by atoms with Gasteiger partial charge in [-0.3, -0.25) is 4.79 Å². The van der Waals surface area contributed by atoms with Gasteiger partial charge in [0, 0.05) is 5.56 Å². The number of Topliss-reactive ketones (excluding diaryl/α,β-unsaturated/α-hetero) is 1. The van der Waals surface area contributed by atoms with Gasteiger partial charge in [0.15, 0.2) is 5.78 Å². The maximum absolute atomic E-state index is 11.2. The van der Waals surface area contributed by atoms with Gasteiger partial charge in [-0.15, -0.1) is 0 Å². The third-order valence-electron chi connectivity index (χ3n) is 1.92. The molecule has 0 amide bonds. The van der Waals surface area contributed by atoms with Crippen LogP contribution in [-0.2, 0) is 0 Å². The molecule has 3 nitrogen and oxygen atoms in total. The predicted octanol–water partition coefficient (Wildman–Crippen LogP) is 1.15. The van der Waals surface area contributed by atoms with E-state index >= 15 is 0 Å². The van der Waals surface area contributed by atoms with Crippen molar-refractivity contribution >= 4 is 5.78 Å². The van der Waals surface area contributed by atoms with Crippen molar-refractivity contribution in [1.29, 1.82) is 0 Å². The molecule has 70 valence electrons. The van der Waals surface area contributed by atoms with Gasteiger partial charge < -0.3 is 10.5 Å². The summed E-state index contributed by atoms with van der Waals surface area (Å²) >= 11 is 0. The lowest BCUT2D eigenvalue weighted by atomic mass is 10.1. The van der Waals surface area contributed by atoms with Gasteiger partial charge in [0.2, 0.25) is 0 Å². The SMILES string of the molecule is COc1cc(C(=O)CN)ccc1C. The van der Waals surface area contributed by atoms with Crippen molar-refractivity contribution in [3.8, 4) is 5.75 Å². The fourth-order valence-electron chi connectivity index (χ4n) is 1.11. The number of carbonyl (C=O) groups is 1. The van der Waals surface area contributed by atoms with E-state index in [-0.39, 0.29) is 12.3 Å². The highest BCUT2D eigenvalue weighted by Gasteiger charge is 2.05. The van der Waals surface area contributed by atoms with Crippen LogP contribution < -0.4 is 10.5 Å². The molecule has 0 fully saturated rings. The molecule has 0 atom stereocenters. The molecule has 0 heterocycles. The Labute approximate surface area is 77.5 Å². The van der Waals surface area contributed by atoms with Crippen LogP contribution in [-0.4, -0.2) is 19.4 Å². The number of benzene rings is 1. The molecule has 2 N–H and O–H groups in total. The highest BCUT2D eigenvalue weighted by Crippen LogP contribution is 2.18. The van der Waals surface area contributed by atoms with Crippen molar-refractivity contribution in [2.45, 2.75) is 6.92 Å². The zero-order valence-corrected chi connectivity index (χ0v) is 7.83. The lowest BCUT2D eigenvalue weighted by molar-refractivity contribution is 0.100. The average molecular weight is 179 g/mol. The zero-order chi connectivity index (χ0) is 9.84. The molecular weight excluding hydrogens is 166 g/mol. The van der Waals surface area contributed by atoms with Crippen molar-refractivity contribution in [3.05, 3.63) is 29.3 Å². The Morgan fingerprint density at radius 1 is 1.54 bits per heavy atom. The van der Waals surface area contributed by atoms with E-state index in [2.05, 4.69) is 0 Å². The molecule has 0 spiro atoms. The Bertz CT molecular complexity index is 321. The van der Waals surface area contributed by atoms with Crippen molar-refractivity contribution in [2.75, 3.05) is 13.7 Å². The molecule has 0 aliphatic rings. The van der Waals surface area contributed by atoms with Crippen LogP contribution in [0.25, 0.3) is 0 Å². The molecule has 13 heavy (non-hydrogen) atoms. The number of rotatable bonds is 3. The summed E-state index contributed by atoms with van der Waals surface area (Å²) in [6, 6.07) is 5.32. The summed E-state index contributed by atoms with van der Waals surface area (Å²) in [6.07, 6.45) is 0. The van der Waals surface area contributed by atoms with Crippen molar-refractivity contribution in [1.82, 2.24) is 0 Å². The number of methoxy groups -OCH3 is 1. The molecule has 0 aliphatic heterocycles. The Hall–Kier alpha value is -1.35. The van der Waals surface area contributed by atoms with Gasteiger partial charge in [-0.2, -0.15) is 0 Å². The first-order valence-electron chi connectivity index (χ1n) is 4.07. The summed E-state index contributed by atoms with van der Waals surface area (Å²) in [4.78, 5) is 11.2. The van der Waals surface area contributed by atoms with Crippen LogP contribution in [0.3, 0.4) is 0 Å². The van der Waals surface area contributed by atoms with E-state index in [0.29, 0.717) is 5.56 Å². The summed E-state index contributed by atoms with van der Waals surface area (Å²) in [5.41, 5.74) is 6.86. The summed E-state index contributed by atoms with van der Waals surface area (Å²) in [5.74, 6) is 0.651. The second-order valence-electron chi connectivity index (χ2n) is 2.81. The van der Waals surface area contributed by atoms with E-state index in [1.807, 2.05) is 13.0 Å². The molecule has 0 aromatic heterocycles. The second-order valence-corrected chi connectivity index (χ2v) is 2.81. The van der Waals surface area contributed by atoms with E-state index < -0.39 is 0 Å². The number of aryl methyl sites for hydroxylation is 1. The molecule has 1 aromatic carbocycles. The lowest BCUT2D eigenvalue weighted by Gasteiger charge is -2.05.